The Bertz CT molecular complexity index is 848. The maximum Gasteiger partial charge on any atom is 0.213 e. The van der Waals surface area contributed by atoms with E-state index in [1.54, 1.807) is 0 Å². The summed E-state index contributed by atoms with van der Waals surface area (Å²) in [5.41, 5.74) is 1.81. The summed E-state index contributed by atoms with van der Waals surface area (Å²) in [5.74, 6) is 3.09. The van der Waals surface area contributed by atoms with Crippen LogP contribution in [0.2, 0.25) is 0 Å². The largest absolute Gasteiger partial charge is 0.393 e. The summed E-state index contributed by atoms with van der Waals surface area (Å²) in [6.07, 6.45) is 12.9. The third-order valence-electron chi connectivity index (χ3n) is 10.2. The Balaban J connectivity index is 1.63. The summed E-state index contributed by atoms with van der Waals surface area (Å²) in [6.45, 7) is 11.8. The summed E-state index contributed by atoms with van der Waals surface area (Å²) in [5, 5.41) is 10.2. The van der Waals surface area contributed by atoms with Crippen molar-refractivity contribution in [1.29, 1.82) is 0 Å². The molecule has 0 aromatic heterocycles. The van der Waals surface area contributed by atoms with E-state index in [1.165, 1.54) is 24.8 Å². The molecule has 3 nitrogen and oxygen atoms in total. The molecule has 0 bridgehead atoms. The van der Waals surface area contributed by atoms with E-state index < -0.39 is 10.3 Å². The fourth-order valence-corrected chi connectivity index (χ4v) is 9.65. The molecule has 0 aromatic rings. The quantitative estimate of drug-likeness (QED) is 0.411. The lowest BCUT2D eigenvalue weighted by Crippen LogP contribution is -2.51. The van der Waals surface area contributed by atoms with Gasteiger partial charge in [0.25, 0.3) is 0 Å². The predicted molar refractivity (Wildman–Crippen MR) is 128 cm³/mol. The summed E-state index contributed by atoms with van der Waals surface area (Å²) in [7, 11) is -2.07. The summed E-state index contributed by atoms with van der Waals surface area (Å²) < 4.78 is 24.8. The number of aliphatic hydroxyl groups excluding tert-OH is 1. The van der Waals surface area contributed by atoms with Crippen LogP contribution in [0.1, 0.15) is 98.8 Å². The average Bonchev–Trinajstić information content (AvgIpc) is 3.01. The van der Waals surface area contributed by atoms with E-state index in [0.717, 1.165) is 49.8 Å². The minimum Gasteiger partial charge on any atom is -0.393 e. The third kappa shape index (κ3) is 3.98. The summed E-state index contributed by atoms with van der Waals surface area (Å²) >= 11 is 0. The molecule has 0 aliphatic heterocycles. The van der Waals surface area contributed by atoms with E-state index in [4.69, 9.17) is 0 Å². The first-order valence-electron chi connectivity index (χ1n) is 12.9. The van der Waals surface area contributed by atoms with Crippen LogP contribution in [0.5, 0.6) is 0 Å². The fraction of sp³-hybridized carbons (Fsp3) is 0.889. The van der Waals surface area contributed by atoms with Crippen molar-refractivity contribution >= 4 is 15.2 Å². The van der Waals surface area contributed by atoms with Crippen LogP contribution in [0.15, 0.2) is 11.6 Å². The van der Waals surface area contributed by atoms with Crippen LogP contribution in [0, 0.1) is 46.3 Å². The predicted octanol–water partition coefficient (Wildman–Crippen LogP) is 6.05. The number of hydrogen-bond acceptors (Lipinski definition) is 3. The zero-order valence-electron chi connectivity index (χ0n) is 20.4. The van der Waals surface area contributed by atoms with Gasteiger partial charge in [-0.2, -0.15) is 8.42 Å². The second-order valence-corrected chi connectivity index (χ2v) is 13.4. The van der Waals surface area contributed by atoms with Crippen LogP contribution in [0.25, 0.3) is 0 Å². The molecule has 3 fully saturated rings. The van der Waals surface area contributed by atoms with E-state index in [2.05, 4.69) is 40.7 Å². The van der Waals surface area contributed by atoms with Crippen LogP contribution >= 0.6 is 0 Å². The standard InChI is InChI=1S/C27H44O3S/c1-17(2)7-6-8-18(3)25-24(31(29)30)16-23-21-10-9-19-15-20(28)11-13-26(19,4)22(21)12-14-27(23,25)5/h9,17-18,20-23,25,28H,6-8,10-16H2,1-5H3/t18-,20+,21-,22+,23+,25+,26+,27+/m1/s1. The highest BCUT2D eigenvalue weighted by Gasteiger charge is 2.61. The van der Waals surface area contributed by atoms with Gasteiger partial charge in [-0.15, -0.1) is 0 Å². The topological polar surface area (TPSA) is 54.4 Å². The van der Waals surface area contributed by atoms with Crippen molar-refractivity contribution in [3.05, 3.63) is 11.6 Å². The van der Waals surface area contributed by atoms with Gasteiger partial charge in [-0.05, 0) is 85.4 Å². The van der Waals surface area contributed by atoms with Gasteiger partial charge in [-0.3, -0.25) is 0 Å². The molecule has 1 N–H and O–H groups in total. The molecule has 8 atom stereocenters. The molecule has 0 saturated heterocycles. The maximum atomic E-state index is 12.4. The lowest BCUT2D eigenvalue weighted by Gasteiger charge is -2.58. The van der Waals surface area contributed by atoms with Gasteiger partial charge in [-0.25, -0.2) is 0 Å². The molecule has 3 saturated carbocycles. The number of allylic oxidation sites excluding steroid dienone is 1. The third-order valence-corrected chi connectivity index (χ3v) is 11.1. The second-order valence-electron chi connectivity index (χ2n) is 12.4. The van der Waals surface area contributed by atoms with E-state index in [9.17, 15) is 13.5 Å². The Hall–Kier alpha value is -0.610. The van der Waals surface area contributed by atoms with Crippen LogP contribution in [-0.2, 0) is 10.3 Å². The van der Waals surface area contributed by atoms with Gasteiger partial charge >= 0.3 is 0 Å². The second kappa shape index (κ2) is 8.63. The van der Waals surface area contributed by atoms with Crippen molar-refractivity contribution in [1.82, 2.24) is 0 Å². The van der Waals surface area contributed by atoms with Crippen LogP contribution < -0.4 is 0 Å². The molecule has 4 aliphatic rings. The Morgan fingerprint density at radius 3 is 2.48 bits per heavy atom. The van der Waals surface area contributed by atoms with Gasteiger partial charge in [0, 0.05) is 5.92 Å². The van der Waals surface area contributed by atoms with Gasteiger partial charge in [0.05, 0.1) is 11.0 Å². The SMILES string of the molecule is CC(C)CCC[C@@H](C)[C@H]1C(=S(=O)=O)C[C@H]2[C@@H]3CC=C4C[C@@H](O)CC[C@]4(C)[C@H]3CC[C@]12C. The van der Waals surface area contributed by atoms with Crippen molar-refractivity contribution < 1.29 is 13.5 Å². The summed E-state index contributed by atoms with van der Waals surface area (Å²) in [4.78, 5) is 0.837. The highest BCUT2D eigenvalue weighted by molar-refractivity contribution is 7.73. The first-order chi connectivity index (χ1) is 14.6. The molecule has 0 amide bonds. The van der Waals surface area contributed by atoms with Gasteiger partial charge in [0.15, 0.2) is 0 Å². The van der Waals surface area contributed by atoms with Crippen LogP contribution in [0.3, 0.4) is 0 Å². The van der Waals surface area contributed by atoms with Crippen LogP contribution in [-0.4, -0.2) is 24.5 Å². The molecule has 0 unspecified atom stereocenters. The molecule has 4 aliphatic carbocycles. The van der Waals surface area contributed by atoms with E-state index in [1.807, 2.05) is 0 Å². The van der Waals surface area contributed by atoms with Crippen LogP contribution in [0.4, 0.5) is 0 Å². The minimum atomic E-state index is -2.07. The van der Waals surface area contributed by atoms with Crippen molar-refractivity contribution in [2.45, 2.75) is 105 Å². The highest BCUT2D eigenvalue weighted by atomic mass is 32.2. The fourth-order valence-electron chi connectivity index (χ4n) is 8.63. The number of hydrogen-bond donors (Lipinski definition) is 1. The average molecular weight is 449 g/mol. The lowest BCUT2D eigenvalue weighted by molar-refractivity contribution is -0.0554. The lowest BCUT2D eigenvalue weighted by atomic mass is 9.47. The number of rotatable bonds is 5. The van der Waals surface area contributed by atoms with Crippen molar-refractivity contribution in [2.75, 3.05) is 0 Å². The zero-order valence-corrected chi connectivity index (χ0v) is 21.2. The minimum absolute atomic E-state index is 0.115. The molecule has 0 radical (unpaired) electrons. The Kier molecular flexibility index (Phi) is 6.55. The molecular formula is C27H44O3S. The summed E-state index contributed by atoms with van der Waals surface area (Å²) in [6, 6.07) is 0. The monoisotopic (exact) mass is 448 g/mol. The Morgan fingerprint density at radius 2 is 1.81 bits per heavy atom. The zero-order chi connectivity index (χ0) is 22.6. The molecule has 31 heavy (non-hydrogen) atoms. The smallest absolute Gasteiger partial charge is 0.213 e. The van der Waals surface area contributed by atoms with Gasteiger partial charge < -0.3 is 5.11 Å². The normalized spacial score (nSPS) is 43.1. The van der Waals surface area contributed by atoms with Crippen molar-refractivity contribution in [3.63, 3.8) is 0 Å². The molecular weight excluding hydrogens is 404 g/mol. The van der Waals surface area contributed by atoms with Crippen molar-refractivity contribution in [2.24, 2.45) is 46.3 Å². The van der Waals surface area contributed by atoms with Gasteiger partial charge in [0.1, 0.15) is 0 Å². The number of fused-ring (bicyclic) bond motifs is 5. The molecule has 0 heterocycles. The first-order valence-corrected chi connectivity index (χ1v) is 14.0. The van der Waals surface area contributed by atoms with Gasteiger partial charge in [0.2, 0.25) is 10.3 Å². The number of aliphatic hydroxyl groups is 1. The Morgan fingerprint density at radius 1 is 1.06 bits per heavy atom. The Labute approximate surface area is 191 Å². The van der Waals surface area contributed by atoms with Crippen molar-refractivity contribution in [3.8, 4) is 0 Å². The maximum absolute atomic E-state index is 12.4. The van der Waals surface area contributed by atoms with E-state index in [-0.39, 0.29) is 22.9 Å². The highest BCUT2D eigenvalue weighted by Crippen LogP contribution is 2.66. The molecule has 0 spiro atoms. The first kappa shape index (κ1) is 23.5. The van der Waals surface area contributed by atoms with E-state index >= 15 is 0 Å². The van der Waals surface area contributed by atoms with Gasteiger partial charge in [-0.1, -0.05) is 65.5 Å². The molecule has 176 valence electrons. The molecule has 0 aromatic carbocycles. The van der Waals surface area contributed by atoms with E-state index in [0.29, 0.717) is 29.6 Å². The molecule has 4 rings (SSSR count). The molecule has 4 heteroatoms.